The Hall–Kier alpha value is 0.0500. The van der Waals surface area contributed by atoms with Crippen molar-refractivity contribution in [3.63, 3.8) is 0 Å². The Labute approximate surface area is 196 Å². The first-order valence-electron chi connectivity index (χ1n) is 12.7. The summed E-state index contributed by atoms with van der Waals surface area (Å²) in [6.07, 6.45) is 5.48. The summed E-state index contributed by atoms with van der Waals surface area (Å²) in [5, 5.41) is 23.6. The number of halogens is 1. The van der Waals surface area contributed by atoms with Gasteiger partial charge in [0.25, 0.3) is 0 Å². The van der Waals surface area contributed by atoms with Crippen LogP contribution in [0.1, 0.15) is 65.7 Å². The topological polar surface area (TPSA) is 77.4 Å². The minimum atomic E-state index is -1.10. The summed E-state index contributed by atoms with van der Waals surface area (Å²) in [7, 11) is 0. The van der Waals surface area contributed by atoms with Crippen LogP contribution in [0, 0.1) is 34.5 Å². The van der Waals surface area contributed by atoms with Crippen molar-refractivity contribution in [1.29, 1.82) is 0 Å². The van der Waals surface area contributed by atoms with Gasteiger partial charge < -0.3 is 29.2 Å². The molecule has 0 bridgehead atoms. The van der Waals surface area contributed by atoms with Gasteiger partial charge in [-0.1, -0.05) is 13.8 Å². The normalized spacial score (nSPS) is 56.1. The Balaban J connectivity index is 1.33. The number of hydrogen-bond acceptors (Lipinski definition) is 6. The molecular formula is C25H39ClO6. The lowest BCUT2D eigenvalue weighted by Crippen LogP contribution is -2.68. The molecule has 182 valence electrons. The van der Waals surface area contributed by atoms with Gasteiger partial charge in [-0.25, -0.2) is 0 Å². The van der Waals surface area contributed by atoms with E-state index >= 15 is 0 Å². The lowest BCUT2D eigenvalue weighted by Gasteiger charge is -2.65. The van der Waals surface area contributed by atoms with Crippen LogP contribution in [0.4, 0.5) is 0 Å². The largest absolute Gasteiger partial charge is 0.393 e. The first-order chi connectivity index (χ1) is 15.1. The summed E-state index contributed by atoms with van der Waals surface area (Å²) in [4.78, 5) is 0. The smallest absolute Gasteiger partial charge is 0.195 e. The quantitative estimate of drug-likeness (QED) is 0.571. The summed E-state index contributed by atoms with van der Waals surface area (Å²) in [6, 6.07) is 0. The molecule has 6 fully saturated rings. The molecule has 0 aromatic carbocycles. The molecule has 2 N–H and O–H groups in total. The average molecular weight is 471 g/mol. The van der Waals surface area contributed by atoms with Gasteiger partial charge in [0, 0.05) is 11.8 Å². The number of fused-ring (bicyclic) bond motifs is 5. The Kier molecular flexibility index (Phi) is 4.96. The van der Waals surface area contributed by atoms with Crippen molar-refractivity contribution >= 4 is 11.6 Å². The molecule has 2 aliphatic heterocycles. The molecule has 6 nitrogen and oxygen atoms in total. The third kappa shape index (κ3) is 2.58. The van der Waals surface area contributed by atoms with Crippen molar-refractivity contribution < 1.29 is 29.2 Å². The highest BCUT2D eigenvalue weighted by atomic mass is 35.5. The van der Waals surface area contributed by atoms with Crippen LogP contribution in [0.15, 0.2) is 0 Å². The monoisotopic (exact) mass is 470 g/mol. The fraction of sp³-hybridized carbons (Fsp3) is 1.00. The number of aliphatic hydroxyl groups excluding tert-OH is 1. The highest BCUT2D eigenvalue weighted by Crippen LogP contribution is 2.71. The van der Waals surface area contributed by atoms with Gasteiger partial charge in [-0.2, -0.15) is 0 Å². The van der Waals surface area contributed by atoms with Gasteiger partial charge in [-0.15, -0.1) is 11.6 Å². The first kappa shape index (κ1) is 22.5. The minimum absolute atomic E-state index is 0.0540. The van der Waals surface area contributed by atoms with Crippen molar-refractivity contribution in [2.75, 3.05) is 26.4 Å². The summed E-state index contributed by atoms with van der Waals surface area (Å²) in [5.41, 5.74) is -1.59. The first-order valence-corrected chi connectivity index (χ1v) is 13.1. The number of aliphatic hydroxyl groups is 2. The van der Waals surface area contributed by atoms with Crippen molar-refractivity contribution in [2.24, 2.45) is 34.5 Å². The van der Waals surface area contributed by atoms with E-state index in [-0.39, 0.29) is 22.6 Å². The van der Waals surface area contributed by atoms with Crippen LogP contribution in [0.25, 0.3) is 0 Å². The number of hydrogen-bond donors (Lipinski definition) is 2. The molecule has 7 heteroatoms. The van der Waals surface area contributed by atoms with Gasteiger partial charge in [0.05, 0.1) is 37.9 Å². The summed E-state index contributed by atoms with van der Waals surface area (Å²) >= 11 is 7.11. The molecule has 4 saturated carbocycles. The summed E-state index contributed by atoms with van der Waals surface area (Å²) in [5.74, 6) is -0.499. The molecule has 1 spiro atoms. The maximum atomic E-state index is 12.1. The molecule has 8 unspecified atom stereocenters. The molecule has 2 saturated heterocycles. The summed E-state index contributed by atoms with van der Waals surface area (Å²) < 4.78 is 24.1. The molecule has 32 heavy (non-hydrogen) atoms. The highest BCUT2D eigenvalue weighted by molar-refractivity contribution is 6.21. The second-order valence-corrected chi connectivity index (χ2v) is 12.6. The van der Waals surface area contributed by atoms with E-state index in [2.05, 4.69) is 13.8 Å². The minimum Gasteiger partial charge on any atom is -0.393 e. The molecule has 0 aromatic rings. The predicted molar refractivity (Wildman–Crippen MR) is 118 cm³/mol. The molecule has 4 aliphatic carbocycles. The SMILES string of the molecule is CC12CCC3(OCCO3)C(Cl)C1CCC1C2C(O)CC2(C)C1CC[C@]2(O)C1(C)OCCO1. The highest BCUT2D eigenvalue weighted by Gasteiger charge is 2.73. The van der Waals surface area contributed by atoms with Gasteiger partial charge in [0.15, 0.2) is 11.6 Å². The van der Waals surface area contributed by atoms with Crippen molar-refractivity contribution in [3.05, 3.63) is 0 Å². The van der Waals surface area contributed by atoms with Crippen LogP contribution in [0.2, 0.25) is 0 Å². The van der Waals surface area contributed by atoms with E-state index in [4.69, 9.17) is 30.5 Å². The van der Waals surface area contributed by atoms with E-state index in [0.29, 0.717) is 51.1 Å². The zero-order valence-corrected chi connectivity index (χ0v) is 20.4. The standard InChI is InChI=1S/C25H39ClO6/c1-21-8-9-24(31-12-13-32-24)20(26)17(21)5-4-15-16-6-7-25(28,23(3)29-10-11-30-23)22(16,2)14-18(27)19(15)21/h15-20,27-28H,4-14H2,1-3H3/t15?,16?,17?,18?,19?,20?,21?,22?,25-/m1/s1. The lowest BCUT2D eigenvalue weighted by molar-refractivity contribution is -0.309. The maximum absolute atomic E-state index is 12.1. The lowest BCUT2D eigenvalue weighted by atomic mass is 9.43. The Morgan fingerprint density at radius 2 is 1.47 bits per heavy atom. The average Bonchev–Trinajstić information content (AvgIpc) is 3.46. The van der Waals surface area contributed by atoms with Gasteiger partial charge in [-0.05, 0) is 74.5 Å². The molecule has 0 radical (unpaired) electrons. The van der Waals surface area contributed by atoms with Crippen molar-refractivity contribution in [3.8, 4) is 0 Å². The number of ether oxygens (including phenoxy) is 4. The van der Waals surface area contributed by atoms with E-state index in [1.54, 1.807) is 0 Å². The van der Waals surface area contributed by atoms with E-state index in [1.165, 1.54) is 0 Å². The van der Waals surface area contributed by atoms with Crippen molar-refractivity contribution in [1.82, 2.24) is 0 Å². The molecule has 6 aliphatic rings. The molecule has 2 heterocycles. The Bertz CT molecular complexity index is 766. The van der Waals surface area contributed by atoms with E-state index < -0.39 is 28.7 Å². The Morgan fingerprint density at radius 1 is 0.812 bits per heavy atom. The van der Waals surface area contributed by atoms with Gasteiger partial charge >= 0.3 is 0 Å². The van der Waals surface area contributed by atoms with Crippen LogP contribution in [0.5, 0.6) is 0 Å². The molecule has 0 aromatic heterocycles. The van der Waals surface area contributed by atoms with E-state index in [0.717, 1.165) is 32.1 Å². The second-order valence-electron chi connectivity index (χ2n) is 12.1. The number of alkyl halides is 1. The van der Waals surface area contributed by atoms with Crippen LogP contribution in [-0.4, -0.2) is 65.3 Å². The maximum Gasteiger partial charge on any atom is 0.195 e. The predicted octanol–water partition coefficient (Wildman–Crippen LogP) is 3.45. The van der Waals surface area contributed by atoms with Gasteiger partial charge in [-0.3, -0.25) is 0 Å². The number of rotatable bonds is 1. The van der Waals surface area contributed by atoms with Crippen LogP contribution in [-0.2, 0) is 18.9 Å². The Morgan fingerprint density at radius 3 is 2.16 bits per heavy atom. The third-order valence-electron chi connectivity index (χ3n) is 11.2. The molecule has 0 amide bonds. The molecular weight excluding hydrogens is 432 g/mol. The molecule has 6 rings (SSSR count). The van der Waals surface area contributed by atoms with Crippen LogP contribution < -0.4 is 0 Å². The second kappa shape index (κ2) is 7.05. The summed E-state index contributed by atoms with van der Waals surface area (Å²) in [6.45, 7) is 8.67. The van der Waals surface area contributed by atoms with Crippen LogP contribution >= 0.6 is 11.6 Å². The van der Waals surface area contributed by atoms with E-state index in [9.17, 15) is 10.2 Å². The van der Waals surface area contributed by atoms with E-state index in [1.807, 2.05) is 6.92 Å². The molecule has 9 atom stereocenters. The van der Waals surface area contributed by atoms with Gasteiger partial charge in [0.2, 0.25) is 0 Å². The third-order valence-corrected chi connectivity index (χ3v) is 11.8. The zero-order valence-electron chi connectivity index (χ0n) is 19.6. The van der Waals surface area contributed by atoms with Crippen LogP contribution in [0.3, 0.4) is 0 Å². The fourth-order valence-electron chi connectivity index (χ4n) is 9.63. The van der Waals surface area contributed by atoms with Gasteiger partial charge in [0.1, 0.15) is 5.60 Å². The fourth-order valence-corrected chi connectivity index (χ4v) is 10.3. The van der Waals surface area contributed by atoms with Crippen molar-refractivity contribution in [2.45, 2.75) is 94.4 Å². The zero-order chi connectivity index (χ0) is 22.6.